The highest BCUT2D eigenvalue weighted by atomic mass is 31.2. The third-order valence-corrected chi connectivity index (χ3v) is 2.50. The summed E-state index contributed by atoms with van der Waals surface area (Å²) in [6.07, 6.45) is -10.6. The van der Waals surface area contributed by atoms with E-state index in [2.05, 4.69) is 9.26 Å². The lowest BCUT2D eigenvalue weighted by Gasteiger charge is -2.24. The minimum atomic E-state index is -5.09. The van der Waals surface area contributed by atoms with E-state index in [1.165, 1.54) is 0 Å². The summed E-state index contributed by atoms with van der Waals surface area (Å²) in [6, 6.07) is 0. The van der Waals surface area contributed by atoms with Crippen LogP contribution in [0.25, 0.3) is 0 Å². The quantitative estimate of drug-likeness (QED) is 0.218. The molecule has 0 aromatic heterocycles. The molecule has 0 aromatic carbocycles. The highest BCUT2D eigenvalue weighted by Crippen LogP contribution is 2.39. The summed E-state index contributed by atoms with van der Waals surface area (Å²) in [7, 11) is -5.09. The molecule has 0 radical (unpaired) electrons. The van der Waals surface area contributed by atoms with Crippen molar-refractivity contribution >= 4 is 13.8 Å². The Morgan fingerprint density at radius 2 is 1.59 bits per heavy atom. The highest BCUT2D eigenvalue weighted by Gasteiger charge is 2.46. The van der Waals surface area contributed by atoms with Crippen molar-refractivity contribution < 1.29 is 48.8 Å². The second-order valence-electron chi connectivity index (χ2n) is 3.32. The average Bonchev–Trinajstić information content (AvgIpc) is 2.25. The maximum Gasteiger partial charge on any atom is 0.472 e. The topological polar surface area (TPSA) is 174 Å². The summed E-state index contributed by atoms with van der Waals surface area (Å²) in [5.74, 6) is -1.49. The molecule has 11 heteroatoms. The third kappa shape index (κ3) is 3.44. The Kier molecular flexibility index (Phi) is 4.23. The standard InChI is InChI=1S/C6H11O10P/c7-1-2(8)4(10)6(16-17(12,13)14)15-5(11)3(1)9/h1-4,6-10H,(H2,12,13,14)/t1-,2+,3+,4+,6?/m1/s1. The molecule has 0 aliphatic carbocycles. The Bertz CT molecular complexity index is 338. The summed E-state index contributed by atoms with van der Waals surface area (Å²) in [4.78, 5) is 28.0. The van der Waals surface area contributed by atoms with E-state index in [4.69, 9.17) is 14.9 Å². The van der Waals surface area contributed by atoms with E-state index < -0.39 is 44.5 Å². The number of rotatable bonds is 2. The summed E-state index contributed by atoms with van der Waals surface area (Å²) >= 11 is 0. The molecule has 1 aliphatic heterocycles. The fourth-order valence-electron chi connectivity index (χ4n) is 1.16. The van der Waals surface area contributed by atoms with Crippen LogP contribution in [0.1, 0.15) is 0 Å². The number of cyclic esters (lactones) is 1. The number of hydrogen-bond donors (Lipinski definition) is 6. The monoisotopic (exact) mass is 274 g/mol. The predicted octanol–water partition coefficient (Wildman–Crippen LogP) is -3.58. The smallest absolute Gasteiger partial charge is 0.430 e. The minimum Gasteiger partial charge on any atom is -0.430 e. The van der Waals surface area contributed by atoms with Crippen LogP contribution in [0.3, 0.4) is 0 Å². The lowest BCUT2D eigenvalue weighted by Crippen LogP contribution is -2.46. The summed E-state index contributed by atoms with van der Waals surface area (Å²) in [5.41, 5.74) is 0. The van der Waals surface area contributed by atoms with Crippen LogP contribution >= 0.6 is 7.82 Å². The lowest BCUT2D eigenvalue weighted by molar-refractivity contribution is -0.189. The van der Waals surface area contributed by atoms with Crippen LogP contribution in [-0.2, 0) is 18.6 Å². The summed E-state index contributed by atoms with van der Waals surface area (Å²) in [6.45, 7) is 0. The van der Waals surface area contributed by atoms with E-state index in [9.17, 15) is 24.7 Å². The van der Waals surface area contributed by atoms with Gasteiger partial charge in [-0.05, 0) is 0 Å². The number of phosphoric ester groups is 1. The van der Waals surface area contributed by atoms with Gasteiger partial charge in [0.2, 0.25) is 6.29 Å². The van der Waals surface area contributed by atoms with Crippen molar-refractivity contribution in [1.29, 1.82) is 0 Å². The maximum atomic E-state index is 11.0. The Morgan fingerprint density at radius 1 is 1.06 bits per heavy atom. The summed E-state index contributed by atoms with van der Waals surface area (Å²) < 4.78 is 18.6. The molecule has 6 N–H and O–H groups in total. The molecule has 1 rings (SSSR count). The zero-order valence-electron chi connectivity index (χ0n) is 8.15. The Morgan fingerprint density at radius 3 is 2.06 bits per heavy atom. The van der Waals surface area contributed by atoms with Crippen LogP contribution in [0.5, 0.6) is 0 Å². The number of carbonyl (C=O) groups excluding carboxylic acids is 1. The van der Waals surface area contributed by atoms with Gasteiger partial charge in [0.1, 0.15) is 18.3 Å². The van der Waals surface area contributed by atoms with Gasteiger partial charge in [-0.3, -0.25) is 0 Å². The predicted molar refractivity (Wildman–Crippen MR) is 47.0 cm³/mol. The van der Waals surface area contributed by atoms with E-state index in [0.29, 0.717) is 0 Å². The van der Waals surface area contributed by atoms with E-state index in [0.717, 1.165) is 0 Å². The van der Waals surface area contributed by atoms with Crippen LogP contribution < -0.4 is 0 Å². The van der Waals surface area contributed by atoms with Gasteiger partial charge in [0.05, 0.1) is 0 Å². The van der Waals surface area contributed by atoms with Gasteiger partial charge in [0.15, 0.2) is 6.10 Å². The first-order chi connectivity index (χ1) is 7.63. The first kappa shape index (κ1) is 14.5. The molecule has 0 spiro atoms. The van der Waals surface area contributed by atoms with Crippen molar-refractivity contribution in [1.82, 2.24) is 0 Å². The zero-order chi connectivity index (χ0) is 13.4. The number of aliphatic hydroxyl groups is 4. The van der Waals surface area contributed by atoms with E-state index in [1.807, 2.05) is 0 Å². The van der Waals surface area contributed by atoms with Crippen molar-refractivity contribution in [3.8, 4) is 0 Å². The molecule has 10 nitrogen and oxygen atoms in total. The third-order valence-electron chi connectivity index (χ3n) is 2.02. The molecule has 17 heavy (non-hydrogen) atoms. The van der Waals surface area contributed by atoms with Gasteiger partial charge in [-0.2, -0.15) is 0 Å². The molecule has 0 bridgehead atoms. The molecular weight excluding hydrogens is 263 g/mol. The van der Waals surface area contributed by atoms with Crippen molar-refractivity contribution in [2.75, 3.05) is 0 Å². The number of carbonyl (C=O) groups is 1. The Labute approximate surface area is 94.3 Å². The molecule has 1 unspecified atom stereocenters. The molecule has 1 saturated heterocycles. The number of hydrogen-bond acceptors (Lipinski definition) is 8. The van der Waals surface area contributed by atoms with Gasteiger partial charge in [-0.1, -0.05) is 0 Å². The van der Waals surface area contributed by atoms with E-state index >= 15 is 0 Å². The molecule has 0 saturated carbocycles. The van der Waals surface area contributed by atoms with Crippen LogP contribution in [0.2, 0.25) is 0 Å². The van der Waals surface area contributed by atoms with E-state index in [1.54, 1.807) is 0 Å². The van der Waals surface area contributed by atoms with Crippen LogP contribution in [-0.4, -0.2) is 66.9 Å². The Balaban J connectivity index is 2.92. The highest BCUT2D eigenvalue weighted by molar-refractivity contribution is 7.46. The molecule has 0 amide bonds. The number of esters is 1. The molecular formula is C6H11O10P. The fraction of sp³-hybridized carbons (Fsp3) is 0.833. The van der Waals surface area contributed by atoms with Crippen molar-refractivity contribution in [3.05, 3.63) is 0 Å². The molecule has 0 aromatic rings. The van der Waals surface area contributed by atoms with Gasteiger partial charge in [-0.25, -0.2) is 13.9 Å². The number of aliphatic hydroxyl groups excluding tert-OH is 4. The van der Waals surface area contributed by atoms with Gasteiger partial charge in [0, 0.05) is 0 Å². The average molecular weight is 274 g/mol. The zero-order valence-corrected chi connectivity index (χ0v) is 9.04. The molecule has 1 aliphatic rings. The van der Waals surface area contributed by atoms with Crippen molar-refractivity contribution in [2.24, 2.45) is 0 Å². The first-order valence-electron chi connectivity index (χ1n) is 4.30. The Hall–Kier alpha value is -0.580. The molecule has 1 heterocycles. The van der Waals surface area contributed by atoms with Gasteiger partial charge < -0.3 is 34.9 Å². The van der Waals surface area contributed by atoms with Gasteiger partial charge in [-0.15, -0.1) is 0 Å². The van der Waals surface area contributed by atoms with Gasteiger partial charge in [0.25, 0.3) is 0 Å². The van der Waals surface area contributed by atoms with Crippen molar-refractivity contribution in [2.45, 2.75) is 30.7 Å². The SMILES string of the molecule is O=C1OC(OP(=O)(O)O)[C@@H](O)[C@@H](O)[C@@H](O)[C@@H]1O. The van der Waals surface area contributed by atoms with Gasteiger partial charge >= 0.3 is 13.8 Å². The van der Waals surface area contributed by atoms with Crippen molar-refractivity contribution in [3.63, 3.8) is 0 Å². The number of phosphoric acid groups is 1. The first-order valence-corrected chi connectivity index (χ1v) is 5.83. The van der Waals surface area contributed by atoms with E-state index in [-0.39, 0.29) is 0 Å². The minimum absolute atomic E-state index is 1.49. The number of ether oxygens (including phenoxy) is 1. The molecule has 100 valence electrons. The van der Waals surface area contributed by atoms with Crippen LogP contribution in [0, 0.1) is 0 Å². The maximum absolute atomic E-state index is 11.0. The lowest BCUT2D eigenvalue weighted by atomic mass is 10.0. The molecule has 1 fully saturated rings. The van der Waals surface area contributed by atoms with Crippen LogP contribution in [0.15, 0.2) is 0 Å². The molecule has 5 atom stereocenters. The summed E-state index contributed by atoms with van der Waals surface area (Å²) in [5, 5.41) is 36.8. The second kappa shape index (κ2) is 4.96. The fourth-order valence-corrected chi connectivity index (χ4v) is 1.60. The largest absolute Gasteiger partial charge is 0.472 e. The van der Waals surface area contributed by atoms with Crippen LogP contribution in [0.4, 0.5) is 0 Å². The normalized spacial score (nSPS) is 39.6. The second-order valence-corrected chi connectivity index (χ2v) is 4.51.